The monoisotopic (exact) mass is 509 g/mol. The molecule has 0 saturated heterocycles. The van der Waals surface area contributed by atoms with Gasteiger partial charge in [0.15, 0.2) is 16.8 Å². The molecule has 31 heavy (non-hydrogen) atoms. The molecule has 0 aliphatic heterocycles. The number of thioether (sulfide) groups is 1. The highest BCUT2D eigenvalue weighted by molar-refractivity contribution is 9.10. The number of carbonyl (C=O) groups is 2. The van der Waals surface area contributed by atoms with Gasteiger partial charge in [-0.2, -0.15) is 0 Å². The Balaban J connectivity index is 1.56. The average molecular weight is 510 g/mol. The summed E-state index contributed by atoms with van der Waals surface area (Å²) in [5.41, 5.74) is 1.31. The van der Waals surface area contributed by atoms with Gasteiger partial charge in [-0.05, 0) is 40.5 Å². The van der Waals surface area contributed by atoms with Gasteiger partial charge in [0.2, 0.25) is 5.91 Å². The Morgan fingerprint density at radius 3 is 2.65 bits per heavy atom. The SMILES string of the molecule is Cc1ccccc1C(=O)NCc1nnc(SCC(=O)Nc2c(F)cc(F)cc2Br)n1C. The lowest BCUT2D eigenvalue weighted by atomic mass is 10.1. The van der Waals surface area contributed by atoms with E-state index in [1.54, 1.807) is 23.7 Å². The standard InChI is InChI=1S/C20H18BrF2N5O2S/c1-11-5-3-4-6-13(11)19(30)24-9-16-26-27-20(28(16)2)31-10-17(29)25-18-14(21)7-12(22)8-15(18)23/h3-8H,9-10H2,1-2H3,(H,24,30)(H,25,29). The largest absolute Gasteiger partial charge is 0.345 e. The number of benzene rings is 2. The van der Waals surface area contributed by atoms with Crippen LogP contribution in [0.4, 0.5) is 14.5 Å². The van der Waals surface area contributed by atoms with Crippen LogP contribution in [-0.4, -0.2) is 32.3 Å². The highest BCUT2D eigenvalue weighted by Crippen LogP contribution is 2.27. The van der Waals surface area contributed by atoms with Crippen molar-refractivity contribution in [2.24, 2.45) is 7.05 Å². The number of halogens is 3. The summed E-state index contributed by atoms with van der Waals surface area (Å²) < 4.78 is 28.8. The normalized spacial score (nSPS) is 10.7. The maximum atomic E-state index is 13.8. The lowest BCUT2D eigenvalue weighted by Crippen LogP contribution is -2.25. The Labute approximate surface area is 189 Å². The lowest BCUT2D eigenvalue weighted by molar-refractivity contribution is -0.113. The number of hydrogen-bond acceptors (Lipinski definition) is 5. The van der Waals surface area contributed by atoms with E-state index in [0.717, 1.165) is 23.4 Å². The Bertz CT molecular complexity index is 1120. The molecular weight excluding hydrogens is 492 g/mol. The van der Waals surface area contributed by atoms with Crippen LogP contribution in [0.3, 0.4) is 0 Å². The fourth-order valence-electron chi connectivity index (χ4n) is 2.67. The summed E-state index contributed by atoms with van der Waals surface area (Å²) in [6.45, 7) is 2.02. The number of hydrogen-bond donors (Lipinski definition) is 2. The highest BCUT2D eigenvalue weighted by Gasteiger charge is 2.16. The summed E-state index contributed by atoms with van der Waals surface area (Å²) in [6, 6.07) is 8.99. The second-order valence-electron chi connectivity index (χ2n) is 6.54. The number of aryl methyl sites for hydroxylation is 1. The van der Waals surface area contributed by atoms with E-state index in [0.29, 0.717) is 22.6 Å². The molecule has 0 atom stereocenters. The van der Waals surface area contributed by atoms with Crippen molar-refractivity contribution in [1.82, 2.24) is 20.1 Å². The van der Waals surface area contributed by atoms with Crippen LogP contribution in [0, 0.1) is 18.6 Å². The van der Waals surface area contributed by atoms with E-state index in [1.807, 2.05) is 19.1 Å². The van der Waals surface area contributed by atoms with Gasteiger partial charge in [0, 0.05) is 23.2 Å². The first-order valence-corrected chi connectivity index (χ1v) is 10.8. The number of amides is 2. The van der Waals surface area contributed by atoms with Crippen LogP contribution in [0.1, 0.15) is 21.7 Å². The molecular formula is C20H18BrF2N5O2S. The van der Waals surface area contributed by atoms with Gasteiger partial charge in [-0.15, -0.1) is 10.2 Å². The number of carbonyl (C=O) groups excluding carboxylic acids is 2. The van der Waals surface area contributed by atoms with Gasteiger partial charge in [-0.3, -0.25) is 9.59 Å². The van der Waals surface area contributed by atoms with Crippen LogP contribution in [0.5, 0.6) is 0 Å². The minimum Gasteiger partial charge on any atom is -0.345 e. The molecule has 0 unspecified atom stereocenters. The summed E-state index contributed by atoms with van der Waals surface area (Å²) in [5, 5.41) is 13.7. The Kier molecular flexibility index (Phi) is 7.39. The number of aromatic nitrogens is 3. The third-order valence-corrected chi connectivity index (χ3v) is 5.97. The molecule has 1 heterocycles. The van der Waals surface area contributed by atoms with Crippen LogP contribution in [0.2, 0.25) is 0 Å². The van der Waals surface area contributed by atoms with Gasteiger partial charge in [0.05, 0.1) is 18.0 Å². The molecule has 11 heteroatoms. The summed E-state index contributed by atoms with van der Waals surface area (Å²) in [4.78, 5) is 24.5. The molecule has 0 spiro atoms. The van der Waals surface area contributed by atoms with Crippen molar-refractivity contribution in [3.05, 3.63) is 69.5 Å². The molecule has 0 saturated carbocycles. The van der Waals surface area contributed by atoms with E-state index < -0.39 is 17.5 Å². The molecule has 0 aliphatic rings. The highest BCUT2D eigenvalue weighted by atomic mass is 79.9. The molecule has 1 aromatic heterocycles. The van der Waals surface area contributed by atoms with Crippen LogP contribution in [-0.2, 0) is 18.4 Å². The molecule has 0 bridgehead atoms. The molecule has 0 fully saturated rings. The van der Waals surface area contributed by atoms with Crippen molar-refractivity contribution in [3.63, 3.8) is 0 Å². The predicted octanol–water partition coefficient (Wildman–Crippen LogP) is 3.83. The van der Waals surface area contributed by atoms with Crippen LogP contribution >= 0.6 is 27.7 Å². The van der Waals surface area contributed by atoms with E-state index in [1.165, 1.54) is 0 Å². The average Bonchev–Trinajstić information content (AvgIpc) is 3.07. The second kappa shape index (κ2) is 10.0. The zero-order chi connectivity index (χ0) is 22.5. The molecule has 2 N–H and O–H groups in total. The summed E-state index contributed by atoms with van der Waals surface area (Å²) in [5.74, 6) is -1.90. The fraction of sp³-hybridized carbons (Fsp3) is 0.200. The number of rotatable bonds is 7. The quantitative estimate of drug-likeness (QED) is 0.472. The first-order chi connectivity index (χ1) is 14.8. The lowest BCUT2D eigenvalue weighted by Gasteiger charge is -2.09. The second-order valence-corrected chi connectivity index (χ2v) is 8.33. The Morgan fingerprint density at radius 1 is 1.19 bits per heavy atom. The van der Waals surface area contributed by atoms with Gasteiger partial charge < -0.3 is 15.2 Å². The number of anilines is 1. The number of nitrogens with one attached hydrogen (secondary N) is 2. The van der Waals surface area contributed by atoms with E-state index in [2.05, 4.69) is 36.8 Å². The van der Waals surface area contributed by atoms with E-state index in [9.17, 15) is 18.4 Å². The van der Waals surface area contributed by atoms with Crippen molar-refractivity contribution >= 4 is 45.2 Å². The van der Waals surface area contributed by atoms with Gasteiger partial charge in [0.25, 0.3) is 5.91 Å². The van der Waals surface area contributed by atoms with Crippen molar-refractivity contribution < 1.29 is 18.4 Å². The molecule has 3 aromatic rings. The first-order valence-electron chi connectivity index (χ1n) is 9.05. The predicted molar refractivity (Wildman–Crippen MR) is 117 cm³/mol. The molecule has 162 valence electrons. The Hall–Kier alpha value is -2.79. The van der Waals surface area contributed by atoms with E-state index in [-0.39, 0.29) is 28.4 Å². The maximum Gasteiger partial charge on any atom is 0.251 e. The fourth-order valence-corrected chi connectivity index (χ4v) is 3.91. The topological polar surface area (TPSA) is 88.9 Å². The van der Waals surface area contributed by atoms with Gasteiger partial charge in [0.1, 0.15) is 5.82 Å². The molecule has 2 aromatic carbocycles. The number of nitrogens with zero attached hydrogens (tertiary/aromatic N) is 3. The molecule has 7 nitrogen and oxygen atoms in total. The minimum absolute atomic E-state index is 0.0647. The smallest absolute Gasteiger partial charge is 0.251 e. The summed E-state index contributed by atoms with van der Waals surface area (Å²) in [7, 11) is 1.71. The minimum atomic E-state index is -0.879. The van der Waals surface area contributed by atoms with Crippen molar-refractivity contribution in [1.29, 1.82) is 0 Å². The van der Waals surface area contributed by atoms with Crippen LogP contribution in [0.25, 0.3) is 0 Å². The van der Waals surface area contributed by atoms with Gasteiger partial charge >= 0.3 is 0 Å². The summed E-state index contributed by atoms with van der Waals surface area (Å²) in [6.07, 6.45) is 0. The van der Waals surface area contributed by atoms with Gasteiger partial charge in [-0.1, -0.05) is 30.0 Å². The van der Waals surface area contributed by atoms with E-state index >= 15 is 0 Å². The van der Waals surface area contributed by atoms with E-state index in [4.69, 9.17) is 0 Å². The summed E-state index contributed by atoms with van der Waals surface area (Å²) >= 11 is 4.12. The van der Waals surface area contributed by atoms with Crippen LogP contribution in [0.15, 0.2) is 46.0 Å². The van der Waals surface area contributed by atoms with Crippen molar-refractivity contribution in [3.8, 4) is 0 Å². The maximum absolute atomic E-state index is 13.8. The van der Waals surface area contributed by atoms with Crippen molar-refractivity contribution in [2.45, 2.75) is 18.6 Å². The molecule has 0 aliphatic carbocycles. The van der Waals surface area contributed by atoms with Crippen molar-refractivity contribution in [2.75, 3.05) is 11.1 Å². The van der Waals surface area contributed by atoms with Gasteiger partial charge in [-0.25, -0.2) is 8.78 Å². The molecule has 2 amide bonds. The third-order valence-electron chi connectivity index (χ3n) is 4.33. The molecule has 0 radical (unpaired) electrons. The first kappa shape index (κ1) is 22.9. The zero-order valence-corrected chi connectivity index (χ0v) is 19.0. The third kappa shape index (κ3) is 5.67. The Morgan fingerprint density at radius 2 is 1.94 bits per heavy atom. The van der Waals surface area contributed by atoms with Crippen LogP contribution < -0.4 is 10.6 Å². The molecule has 3 rings (SSSR count). The zero-order valence-electron chi connectivity index (χ0n) is 16.6.